The lowest BCUT2D eigenvalue weighted by molar-refractivity contribution is 0.273. The zero-order valence-corrected chi connectivity index (χ0v) is 14.0. The highest BCUT2D eigenvalue weighted by atomic mass is 14.3. The van der Waals surface area contributed by atoms with Crippen LogP contribution in [0.3, 0.4) is 0 Å². The van der Waals surface area contributed by atoms with Crippen LogP contribution in [-0.4, -0.2) is 0 Å². The van der Waals surface area contributed by atoms with Crippen molar-refractivity contribution >= 4 is 0 Å². The van der Waals surface area contributed by atoms with Crippen LogP contribution in [0.2, 0.25) is 0 Å². The molecule has 0 unspecified atom stereocenters. The molecule has 0 nitrogen and oxygen atoms in total. The lowest BCUT2D eigenvalue weighted by Crippen LogP contribution is -2.25. The van der Waals surface area contributed by atoms with Crippen molar-refractivity contribution in [2.24, 2.45) is 11.3 Å². The summed E-state index contributed by atoms with van der Waals surface area (Å²) in [6.07, 6.45) is 13.9. The summed E-state index contributed by atoms with van der Waals surface area (Å²) in [6.45, 7) is 20.7. The van der Waals surface area contributed by atoms with E-state index in [9.17, 15) is 0 Å². The van der Waals surface area contributed by atoms with Gasteiger partial charge in [0.15, 0.2) is 0 Å². The molecule has 0 radical (unpaired) electrons. The van der Waals surface area contributed by atoms with Crippen molar-refractivity contribution in [3.63, 3.8) is 0 Å². The molecule has 110 valence electrons. The summed E-state index contributed by atoms with van der Waals surface area (Å²) in [5, 5.41) is 0. The van der Waals surface area contributed by atoms with E-state index in [1.54, 1.807) is 0 Å². The number of rotatable bonds is 8. The molecule has 0 aromatic rings. The third-order valence-corrected chi connectivity index (χ3v) is 3.44. The van der Waals surface area contributed by atoms with Crippen molar-refractivity contribution in [1.29, 1.82) is 0 Å². The van der Waals surface area contributed by atoms with Crippen molar-refractivity contribution in [3.8, 4) is 0 Å². The maximum absolute atomic E-state index is 3.88. The molecule has 0 aromatic heterocycles. The van der Waals surface area contributed by atoms with Crippen LogP contribution in [0.4, 0.5) is 0 Å². The van der Waals surface area contributed by atoms with Crippen molar-refractivity contribution in [1.82, 2.24) is 0 Å². The molecule has 0 heterocycles. The fourth-order valence-electron chi connectivity index (χ4n) is 2.27. The van der Waals surface area contributed by atoms with Crippen LogP contribution in [0, 0.1) is 11.3 Å². The molecule has 0 bridgehead atoms. The first-order chi connectivity index (χ1) is 9.04. The Kier molecular flexibility index (Phi) is 12.8. The Bertz CT molecular complexity index is 279. The van der Waals surface area contributed by atoms with Crippen molar-refractivity contribution in [2.75, 3.05) is 0 Å². The Labute approximate surface area is 122 Å². The van der Waals surface area contributed by atoms with Crippen molar-refractivity contribution in [2.45, 2.75) is 60.8 Å². The van der Waals surface area contributed by atoms with Gasteiger partial charge in [-0.15, -0.1) is 13.2 Å². The highest BCUT2D eigenvalue weighted by Gasteiger charge is 2.29. The molecule has 0 spiro atoms. The average molecular weight is 262 g/mol. The number of hydrogen-bond donors (Lipinski definition) is 0. The lowest BCUT2D eigenvalue weighted by Gasteiger charge is -2.35. The van der Waals surface area contributed by atoms with Crippen LogP contribution < -0.4 is 0 Å². The molecular weight excluding hydrogens is 228 g/mol. The van der Waals surface area contributed by atoms with Gasteiger partial charge >= 0.3 is 0 Å². The second-order valence-electron chi connectivity index (χ2n) is 5.04. The minimum atomic E-state index is 0.172. The maximum Gasteiger partial charge on any atom is -0.00727 e. The van der Waals surface area contributed by atoms with Gasteiger partial charge in [0.2, 0.25) is 0 Å². The molecule has 0 rings (SSSR count). The number of allylic oxidation sites excluding steroid dienone is 6. The first-order valence-electron chi connectivity index (χ1n) is 7.59. The van der Waals surface area contributed by atoms with E-state index >= 15 is 0 Å². The Morgan fingerprint density at radius 3 is 1.89 bits per heavy atom. The molecule has 0 heteroatoms. The Balaban J connectivity index is 0. The van der Waals surface area contributed by atoms with Crippen LogP contribution in [0.1, 0.15) is 60.8 Å². The van der Waals surface area contributed by atoms with Gasteiger partial charge in [-0.2, -0.15) is 0 Å². The fraction of sp³-hybridized carbons (Fsp3) is 0.579. The summed E-state index contributed by atoms with van der Waals surface area (Å²) >= 11 is 0. The van der Waals surface area contributed by atoms with E-state index in [-0.39, 0.29) is 5.41 Å². The number of hydrogen-bond acceptors (Lipinski definition) is 0. The standard InChI is InChI=1S/C17H28.C2H6/c1-7-11-15(12-8-2)17(5,6)16(13-9-3)14-10-4;1-2/h7-9,13-15H,1-2,10-12H2,3-6H3;1-2H3/b13-9-,16-14+;. The van der Waals surface area contributed by atoms with Crippen molar-refractivity contribution in [3.05, 3.63) is 49.1 Å². The molecule has 0 aliphatic heterocycles. The van der Waals surface area contributed by atoms with Crippen LogP contribution in [0.5, 0.6) is 0 Å². The van der Waals surface area contributed by atoms with Gasteiger partial charge in [-0.05, 0) is 43.1 Å². The van der Waals surface area contributed by atoms with Gasteiger partial charge in [0, 0.05) is 0 Å². The third kappa shape index (κ3) is 7.20. The first-order valence-corrected chi connectivity index (χ1v) is 7.59. The van der Waals surface area contributed by atoms with E-state index in [2.05, 4.69) is 59.1 Å². The van der Waals surface area contributed by atoms with E-state index in [0.717, 1.165) is 19.3 Å². The second-order valence-corrected chi connectivity index (χ2v) is 5.04. The summed E-state index contributed by atoms with van der Waals surface area (Å²) in [7, 11) is 0. The molecule has 0 aliphatic carbocycles. The molecule has 0 saturated heterocycles. The highest BCUT2D eigenvalue weighted by Crippen LogP contribution is 2.40. The minimum absolute atomic E-state index is 0.172. The monoisotopic (exact) mass is 262 g/mol. The van der Waals surface area contributed by atoms with E-state index in [4.69, 9.17) is 0 Å². The summed E-state index contributed by atoms with van der Waals surface area (Å²) in [6, 6.07) is 0. The Hall–Kier alpha value is -1.04. The molecule has 0 saturated carbocycles. The van der Waals surface area contributed by atoms with E-state index in [1.165, 1.54) is 5.57 Å². The second kappa shape index (κ2) is 12.0. The van der Waals surface area contributed by atoms with E-state index < -0.39 is 0 Å². The quantitative estimate of drug-likeness (QED) is 0.336. The molecule has 0 aliphatic rings. The van der Waals surface area contributed by atoms with E-state index in [1.807, 2.05) is 26.0 Å². The predicted octanol–water partition coefficient (Wildman–Crippen LogP) is 6.72. The van der Waals surface area contributed by atoms with Crippen LogP contribution >= 0.6 is 0 Å². The van der Waals surface area contributed by atoms with Gasteiger partial charge < -0.3 is 0 Å². The third-order valence-electron chi connectivity index (χ3n) is 3.44. The van der Waals surface area contributed by atoms with Gasteiger partial charge in [0.05, 0.1) is 0 Å². The zero-order valence-electron chi connectivity index (χ0n) is 14.0. The summed E-state index contributed by atoms with van der Waals surface area (Å²) in [4.78, 5) is 0. The smallest absolute Gasteiger partial charge is 0.00727 e. The van der Waals surface area contributed by atoms with Gasteiger partial charge in [0.1, 0.15) is 0 Å². The molecule has 0 fully saturated rings. The van der Waals surface area contributed by atoms with E-state index in [0.29, 0.717) is 5.92 Å². The predicted molar refractivity (Wildman–Crippen MR) is 91.4 cm³/mol. The molecule has 0 aromatic carbocycles. The topological polar surface area (TPSA) is 0 Å². The highest BCUT2D eigenvalue weighted by molar-refractivity contribution is 5.26. The molecule has 0 N–H and O–H groups in total. The Morgan fingerprint density at radius 1 is 1.11 bits per heavy atom. The maximum atomic E-state index is 3.88. The SMILES string of the molecule is C=CCC(CC=C)C(C)(C)C(/C=C\C)=C/CC.CC. The largest absolute Gasteiger partial charge is 0.103 e. The van der Waals surface area contributed by atoms with Crippen molar-refractivity contribution < 1.29 is 0 Å². The van der Waals surface area contributed by atoms with Gasteiger partial charge in [0.25, 0.3) is 0 Å². The van der Waals surface area contributed by atoms with Gasteiger partial charge in [-0.25, -0.2) is 0 Å². The molecular formula is C19H34. The first kappa shape index (κ1) is 20.3. The van der Waals surface area contributed by atoms with Crippen LogP contribution in [-0.2, 0) is 0 Å². The Morgan fingerprint density at radius 2 is 1.58 bits per heavy atom. The summed E-state index contributed by atoms with van der Waals surface area (Å²) in [5.41, 5.74) is 1.60. The fourth-order valence-corrected chi connectivity index (χ4v) is 2.27. The van der Waals surface area contributed by atoms with Crippen LogP contribution in [0.25, 0.3) is 0 Å². The molecule has 0 atom stereocenters. The minimum Gasteiger partial charge on any atom is -0.103 e. The summed E-state index contributed by atoms with van der Waals surface area (Å²) in [5.74, 6) is 0.575. The zero-order chi connectivity index (χ0) is 15.3. The van der Waals surface area contributed by atoms with Gasteiger partial charge in [-0.1, -0.05) is 65.0 Å². The summed E-state index contributed by atoms with van der Waals surface area (Å²) < 4.78 is 0. The van der Waals surface area contributed by atoms with Gasteiger partial charge in [-0.3, -0.25) is 0 Å². The molecule has 0 amide bonds. The lowest BCUT2D eigenvalue weighted by atomic mass is 9.69. The average Bonchev–Trinajstić information content (AvgIpc) is 2.40. The van der Waals surface area contributed by atoms with Crippen LogP contribution in [0.15, 0.2) is 49.1 Å². The normalized spacial score (nSPS) is 12.3. The molecule has 19 heavy (non-hydrogen) atoms.